The molecule has 0 radical (unpaired) electrons. The van der Waals surface area contributed by atoms with Gasteiger partial charge in [0, 0.05) is 0 Å². The minimum absolute atomic E-state index is 0.0914. The van der Waals surface area contributed by atoms with Crippen molar-refractivity contribution in [2.45, 2.75) is 37.5 Å². The molecule has 0 aromatic carbocycles. The lowest BCUT2D eigenvalue weighted by molar-refractivity contribution is 0.0404. The van der Waals surface area contributed by atoms with Crippen LogP contribution in [0.5, 0.6) is 0 Å². The quantitative estimate of drug-likeness (QED) is 0.520. The van der Waals surface area contributed by atoms with E-state index >= 15 is 0 Å². The molecule has 4 heteroatoms. The SMILES string of the molecule is O=C1N[C@@H]2[C@@H](O)CCC[C@H]2O1. The van der Waals surface area contributed by atoms with E-state index in [2.05, 4.69) is 5.32 Å². The molecule has 2 N–H and O–H groups in total. The summed E-state index contributed by atoms with van der Waals surface area (Å²) in [6, 6.07) is -0.156. The maximum Gasteiger partial charge on any atom is 0.407 e. The minimum Gasteiger partial charge on any atom is -0.444 e. The van der Waals surface area contributed by atoms with Gasteiger partial charge >= 0.3 is 6.09 Å². The second kappa shape index (κ2) is 2.37. The number of rotatable bonds is 0. The van der Waals surface area contributed by atoms with Gasteiger partial charge in [0.1, 0.15) is 6.10 Å². The smallest absolute Gasteiger partial charge is 0.407 e. The highest BCUT2D eigenvalue weighted by Gasteiger charge is 2.40. The summed E-state index contributed by atoms with van der Waals surface area (Å²) in [7, 11) is 0. The van der Waals surface area contributed by atoms with Gasteiger partial charge in [-0.3, -0.25) is 0 Å². The summed E-state index contributed by atoms with van der Waals surface area (Å²) in [5.41, 5.74) is 0. The van der Waals surface area contributed by atoms with Crippen LogP contribution in [0.15, 0.2) is 0 Å². The molecule has 1 saturated heterocycles. The third-order valence-corrected chi connectivity index (χ3v) is 2.35. The molecule has 1 aliphatic heterocycles. The summed E-state index contributed by atoms with van der Waals surface area (Å²) in [5.74, 6) is 0. The fourth-order valence-corrected chi connectivity index (χ4v) is 1.76. The zero-order valence-corrected chi connectivity index (χ0v) is 6.12. The molecular formula is C7H11NO3. The number of carbonyl (C=O) groups excluding carboxylic acids is 1. The maximum absolute atomic E-state index is 10.7. The Morgan fingerprint density at radius 2 is 2.36 bits per heavy atom. The van der Waals surface area contributed by atoms with Gasteiger partial charge in [-0.1, -0.05) is 0 Å². The molecule has 4 nitrogen and oxygen atoms in total. The van der Waals surface area contributed by atoms with E-state index in [-0.39, 0.29) is 18.2 Å². The zero-order valence-electron chi connectivity index (χ0n) is 6.12. The summed E-state index contributed by atoms with van der Waals surface area (Å²) in [5, 5.41) is 12.0. The number of hydrogen-bond donors (Lipinski definition) is 2. The van der Waals surface area contributed by atoms with Crippen molar-refractivity contribution in [1.29, 1.82) is 0 Å². The standard InChI is InChI=1S/C7H11NO3/c9-4-2-1-3-5-6(4)8-7(10)11-5/h4-6,9H,1-3H2,(H,8,10)/t4-,5+,6+/m0/s1. The molecule has 2 fully saturated rings. The van der Waals surface area contributed by atoms with E-state index in [1.165, 1.54) is 0 Å². The highest BCUT2D eigenvalue weighted by molar-refractivity contribution is 5.70. The Morgan fingerprint density at radius 3 is 3.09 bits per heavy atom. The number of hydrogen-bond acceptors (Lipinski definition) is 3. The van der Waals surface area contributed by atoms with Gasteiger partial charge in [0.2, 0.25) is 0 Å². The van der Waals surface area contributed by atoms with Gasteiger partial charge in [0.25, 0.3) is 0 Å². The normalized spacial score (nSPS) is 42.6. The summed E-state index contributed by atoms with van der Waals surface area (Å²) in [6.07, 6.45) is 1.69. The monoisotopic (exact) mass is 157 g/mol. The summed E-state index contributed by atoms with van der Waals surface area (Å²) >= 11 is 0. The first-order valence-electron chi connectivity index (χ1n) is 3.92. The first-order chi connectivity index (χ1) is 5.27. The van der Waals surface area contributed by atoms with Crippen molar-refractivity contribution in [1.82, 2.24) is 5.32 Å². The van der Waals surface area contributed by atoms with Crippen molar-refractivity contribution in [3.63, 3.8) is 0 Å². The first-order valence-corrected chi connectivity index (χ1v) is 3.92. The van der Waals surface area contributed by atoms with Gasteiger partial charge in [0.05, 0.1) is 12.1 Å². The predicted octanol–water partition coefficient (Wildman–Crippen LogP) is 0.00820. The number of carbonyl (C=O) groups is 1. The number of alkyl carbamates (subject to hydrolysis) is 1. The molecule has 2 rings (SSSR count). The fourth-order valence-electron chi connectivity index (χ4n) is 1.76. The van der Waals surface area contributed by atoms with Crippen LogP contribution in [0.3, 0.4) is 0 Å². The van der Waals surface area contributed by atoms with Gasteiger partial charge in [-0.05, 0) is 19.3 Å². The van der Waals surface area contributed by atoms with Crippen molar-refractivity contribution in [3.8, 4) is 0 Å². The molecule has 62 valence electrons. The van der Waals surface area contributed by atoms with E-state index < -0.39 is 6.10 Å². The van der Waals surface area contributed by atoms with Gasteiger partial charge < -0.3 is 15.2 Å². The van der Waals surface area contributed by atoms with Crippen LogP contribution < -0.4 is 5.32 Å². The van der Waals surface area contributed by atoms with Gasteiger partial charge in [-0.15, -0.1) is 0 Å². The van der Waals surface area contributed by atoms with Gasteiger partial charge in [-0.25, -0.2) is 4.79 Å². The number of amides is 1. The van der Waals surface area contributed by atoms with Crippen molar-refractivity contribution in [2.75, 3.05) is 0 Å². The summed E-state index contributed by atoms with van der Waals surface area (Å²) < 4.78 is 4.93. The van der Waals surface area contributed by atoms with Crippen molar-refractivity contribution in [3.05, 3.63) is 0 Å². The number of ether oxygens (including phenoxy) is 1. The van der Waals surface area contributed by atoms with Crippen LogP contribution in [0.25, 0.3) is 0 Å². The lowest BCUT2D eigenvalue weighted by Crippen LogP contribution is -2.45. The van der Waals surface area contributed by atoms with E-state index in [9.17, 15) is 9.90 Å². The van der Waals surface area contributed by atoms with Crippen molar-refractivity contribution >= 4 is 6.09 Å². The van der Waals surface area contributed by atoms with E-state index in [0.29, 0.717) is 0 Å². The molecule has 1 heterocycles. The Labute approximate surface area is 64.5 Å². The summed E-state index contributed by atoms with van der Waals surface area (Å²) in [4.78, 5) is 10.7. The van der Waals surface area contributed by atoms with Crippen LogP contribution in [-0.2, 0) is 4.74 Å². The second-order valence-corrected chi connectivity index (χ2v) is 3.11. The molecule has 11 heavy (non-hydrogen) atoms. The molecule has 0 spiro atoms. The molecule has 3 atom stereocenters. The third-order valence-electron chi connectivity index (χ3n) is 2.35. The highest BCUT2D eigenvalue weighted by Crippen LogP contribution is 2.25. The predicted molar refractivity (Wildman–Crippen MR) is 37.1 cm³/mol. The molecule has 1 aliphatic carbocycles. The largest absolute Gasteiger partial charge is 0.444 e. The molecule has 0 aromatic heterocycles. The van der Waals surface area contributed by atoms with E-state index in [1.54, 1.807) is 0 Å². The molecule has 1 amide bonds. The average molecular weight is 157 g/mol. The van der Waals surface area contributed by atoms with E-state index in [1.807, 2.05) is 0 Å². The molecule has 0 bridgehead atoms. The Bertz CT molecular complexity index is 183. The fraction of sp³-hybridized carbons (Fsp3) is 0.857. The minimum atomic E-state index is -0.416. The second-order valence-electron chi connectivity index (χ2n) is 3.11. The third kappa shape index (κ3) is 1.07. The van der Waals surface area contributed by atoms with Crippen LogP contribution in [0.1, 0.15) is 19.3 Å². The number of aliphatic hydroxyl groups excluding tert-OH is 1. The van der Waals surface area contributed by atoms with Gasteiger partial charge in [0.15, 0.2) is 0 Å². The Balaban J connectivity index is 2.09. The molecule has 0 aromatic rings. The number of nitrogens with one attached hydrogen (secondary N) is 1. The number of fused-ring (bicyclic) bond motifs is 1. The van der Waals surface area contributed by atoms with Gasteiger partial charge in [-0.2, -0.15) is 0 Å². The number of aliphatic hydroxyl groups is 1. The average Bonchev–Trinajstić information content (AvgIpc) is 2.31. The van der Waals surface area contributed by atoms with E-state index in [0.717, 1.165) is 19.3 Å². The Kier molecular flexibility index (Phi) is 1.49. The highest BCUT2D eigenvalue weighted by atomic mass is 16.6. The molecule has 1 saturated carbocycles. The van der Waals surface area contributed by atoms with Crippen LogP contribution in [0.4, 0.5) is 4.79 Å². The maximum atomic E-state index is 10.7. The Morgan fingerprint density at radius 1 is 1.55 bits per heavy atom. The lowest BCUT2D eigenvalue weighted by Gasteiger charge is -2.26. The summed E-state index contributed by atoms with van der Waals surface area (Å²) in [6.45, 7) is 0. The Hall–Kier alpha value is -0.770. The molecule has 0 unspecified atom stereocenters. The van der Waals surface area contributed by atoms with Crippen LogP contribution in [0, 0.1) is 0 Å². The van der Waals surface area contributed by atoms with Crippen molar-refractivity contribution < 1.29 is 14.6 Å². The first kappa shape index (κ1) is 6.91. The molecular weight excluding hydrogens is 146 g/mol. The van der Waals surface area contributed by atoms with Crippen LogP contribution in [-0.4, -0.2) is 29.4 Å². The van der Waals surface area contributed by atoms with Crippen LogP contribution >= 0.6 is 0 Å². The lowest BCUT2D eigenvalue weighted by atomic mass is 9.91. The molecule has 2 aliphatic rings. The van der Waals surface area contributed by atoms with Crippen LogP contribution in [0.2, 0.25) is 0 Å². The van der Waals surface area contributed by atoms with Crippen molar-refractivity contribution in [2.24, 2.45) is 0 Å². The zero-order chi connectivity index (χ0) is 7.84. The topological polar surface area (TPSA) is 58.6 Å². The van der Waals surface area contributed by atoms with E-state index in [4.69, 9.17) is 4.74 Å².